The molecule has 4 aromatic heterocycles. The van der Waals surface area contributed by atoms with Crippen LogP contribution in [0.5, 0.6) is 0 Å². The Morgan fingerprint density at radius 1 is 0.690 bits per heavy atom. The maximum absolute atomic E-state index is 4.47. The highest BCUT2D eigenvalue weighted by Crippen LogP contribution is 2.18. The number of aromatic nitrogens is 4. The summed E-state index contributed by atoms with van der Waals surface area (Å²) >= 11 is 0. The highest BCUT2D eigenvalue weighted by atomic mass is 14.8. The zero-order chi connectivity index (χ0) is 19.9. The first kappa shape index (κ1) is 18.7. The van der Waals surface area contributed by atoms with Crippen molar-refractivity contribution in [2.24, 2.45) is 0 Å². The van der Waals surface area contributed by atoms with Gasteiger partial charge in [0.2, 0.25) is 0 Å². The van der Waals surface area contributed by atoms with Crippen LogP contribution in [0.3, 0.4) is 0 Å². The van der Waals surface area contributed by atoms with E-state index in [0.717, 1.165) is 41.2 Å². The third-order valence-electron chi connectivity index (χ3n) is 4.62. The van der Waals surface area contributed by atoms with Crippen LogP contribution in [-0.2, 0) is 6.42 Å². The number of allylic oxidation sites excluding steroid dienone is 1. The van der Waals surface area contributed by atoms with Gasteiger partial charge in [-0.25, -0.2) is 0 Å². The van der Waals surface area contributed by atoms with Gasteiger partial charge in [0.15, 0.2) is 0 Å². The molecule has 0 aliphatic carbocycles. The van der Waals surface area contributed by atoms with E-state index in [1.807, 2.05) is 48.9 Å². The van der Waals surface area contributed by atoms with Crippen LogP contribution < -0.4 is 0 Å². The van der Waals surface area contributed by atoms with Gasteiger partial charge in [-0.1, -0.05) is 18.2 Å². The Kier molecular flexibility index (Phi) is 5.81. The minimum Gasteiger partial charge on any atom is -0.255 e. The van der Waals surface area contributed by atoms with Gasteiger partial charge in [-0.15, -0.1) is 0 Å². The van der Waals surface area contributed by atoms with Crippen LogP contribution in [0.15, 0.2) is 85.5 Å². The van der Waals surface area contributed by atoms with Crippen molar-refractivity contribution in [3.63, 3.8) is 0 Å². The minimum atomic E-state index is 0.886. The molecule has 4 nitrogen and oxygen atoms in total. The molecular weight excluding hydrogens is 356 g/mol. The molecule has 4 rings (SSSR count). The summed E-state index contributed by atoms with van der Waals surface area (Å²) < 4.78 is 0. The van der Waals surface area contributed by atoms with Crippen molar-refractivity contribution in [2.75, 3.05) is 0 Å². The summed E-state index contributed by atoms with van der Waals surface area (Å²) in [4.78, 5) is 17.7. The first-order valence-corrected chi connectivity index (χ1v) is 9.70. The summed E-state index contributed by atoms with van der Waals surface area (Å²) in [5.41, 5.74) is 7.18. The van der Waals surface area contributed by atoms with Gasteiger partial charge in [-0.3, -0.25) is 19.9 Å². The molecule has 0 bridgehead atoms. The molecule has 0 fully saturated rings. The third kappa shape index (κ3) is 4.99. The molecule has 4 heteroatoms. The van der Waals surface area contributed by atoms with Crippen LogP contribution >= 0.6 is 0 Å². The highest BCUT2D eigenvalue weighted by molar-refractivity contribution is 5.60. The maximum Gasteiger partial charge on any atom is 0.0892 e. The number of hydrogen-bond donors (Lipinski definition) is 0. The monoisotopic (exact) mass is 378 g/mol. The molecule has 0 saturated carbocycles. The third-order valence-corrected chi connectivity index (χ3v) is 4.62. The van der Waals surface area contributed by atoms with E-state index in [9.17, 15) is 0 Å². The smallest absolute Gasteiger partial charge is 0.0892 e. The van der Waals surface area contributed by atoms with Gasteiger partial charge in [-0.05, 0) is 85.0 Å². The van der Waals surface area contributed by atoms with Crippen LogP contribution in [0.2, 0.25) is 0 Å². The fraction of sp³-hybridized carbons (Fsp3) is 0.120. The summed E-state index contributed by atoms with van der Waals surface area (Å²) in [5, 5.41) is 0. The fourth-order valence-electron chi connectivity index (χ4n) is 3.12. The Hall–Kier alpha value is -3.66. The van der Waals surface area contributed by atoms with Crippen LogP contribution in [0.25, 0.3) is 28.9 Å². The van der Waals surface area contributed by atoms with E-state index in [-0.39, 0.29) is 0 Å². The SMILES string of the molecule is Cc1ccnc(-c2cc(CC/C=C/c3ccnc(-c4ccccn4)c3)ccn2)c1. The van der Waals surface area contributed by atoms with Crippen LogP contribution in [-0.4, -0.2) is 19.9 Å². The van der Waals surface area contributed by atoms with Crippen LogP contribution in [0.1, 0.15) is 23.1 Å². The molecule has 0 spiro atoms. The Balaban J connectivity index is 1.41. The number of rotatable bonds is 6. The standard InChI is InChI=1S/C25H22N4/c1-19-9-13-27-23(16-19)25-18-21(11-15-29-25)7-3-2-6-20-10-14-28-24(17-20)22-8-4-5-12-26-22/h2,4-6,8-18H,3,7H2,1H3/b6-2+. The van der Waals surface area contributed by atoms with Gasteiger partial charge in [0.25, 0.3) is 0 Å². The predicted octanol–water partition coefficient (Wildman–Crippen LogP) is 5.56. The quantitative estimate of drug-likeness (QED) is 0.441. The van der Waals surface area contributed by atoms with Crippen molar-refractivity contribution in [3.8, 4) is 22.8 Å². The van der Waals surface area contributed by atoms with E-state index in [4.69, 9.17) is 0 Å². The molecule has 142 valence electrons. The molecule has 0 N–H and O–H groups in total. The second-order valence-corrected chi connectivity index (χ2v) is 6.90. The predicted molar refractivity (Wildman–Crippen MR) is 117 cm³/mol. The van der Waals surface area contributed by atoms with E-state index >= 15 is 0 Å². The Labute approximate surface area is 171 Å². The van der Waals surface area contributed by atoms with E-state index < -0.39 is 0 Å². The van der Waals surface area contributed by atoms with Crippen LogP contribution in [0.4, 0.5) is 0 Å². The molecule has 0 unspecified atom stereocenters. The molecule has 4 heterocycles. The van der Waals surface area contributed by atoms with Crippen molar-refractivity contribution in [2.45, 2.75) is 19.8 Å². The molecule has 0 atom stereocenters. The number of nitrogens with zero attached hydrogens (tertiary/aromatic N) is 4. The molecule has 4 aromatic rings. The van der Waals surface area contributed by atoms with E-state index in [1.165, 1.54) is 11.1 Å². The fourth-order valence-corrected chi connectivity index (χ4v) is 3.12. The Morgan fingerprint density at radius 2 is 1.41 bits per heavy atom. The molecule has 29 heavy (non-hydrogen) atoms. The highest BCUT2D eigenvalue weighted by Gasteiger charge is 2.03. The van der Waals surface area contributed by atoms with Gasteiger partial charge in [0.05, 0.1) is 22.8 Å². The molecular formula is C25H22N4. The average molecular weight is 378 g/mol. The van der Waals surface area contributed by atoms with Gasteiger partial charge in [0.1, 0.15) is 0 Å². The normalized spacial score (nSPS) is 11.1. The summed E-state index contributed by atoms with van der Waals surface area (Å²) in [6.07, 6.45) is 13.5. The van der Waals surface area contributed by atoms with Crippen molar-refractivity contribution < 1.29 is 0 Å². The number of pyridine rings is 4. The average Bonchev–Trinajstić information content (AvgIpc) is 2.78. The largest absolute Gasteiger partial charge is 0.255 e. The summed E-state index contributed by atoms with van der Waals surface area (Å²) in [7, 11) is 0. The topological polar surface area (TPSA) is 51.6 Å². The molecule has 0 radical (unpaired) electrons. The number of aryl methyl sites for hydroxylation is 2. The summed E-state index contributed by atoms with van der Waals surface area (Å²) in [6, 6.07) is 18.2. The van der Waals surface area contributed by atoms with Crippen molar-refractivity contribution in [3.05, 3.63) is 102 Å². The lowest BCUT2D eigenvalue weighted by molar-refractivity contribution is 0.998. The summed E-state index contributed by atoms with van der Waals surface area (Å²) in [6.45, 7) is 2.07. The lowest BCUT2D eigenvalue weighted by Crippen LogP contribution is -1.91. The zero-order valence-electron chi connectivity index (χ0n) is 16.4. The van der Waals surface area contributed by atoms with Gasteiger partial charge >= 0.3 is 0 Å². The van der Waals surface area contributed by atoms with E-state index in [0.29, 0.717) is 0 Å². The molecule has 0 saturated heterocycles. The van der Waals surface area contributed by atoms with Gasteiger partial charge < -0.3 is 0 Å². The van der Waals surface area contributed by atoms with Gasteiger partial charge in [0, 0.05) is 24.8 Å². The van der Waals surface area contributed by atoms with Crippen LogP contribution in [0, 0.1) is 6.92 Å². The summed E-state index contributed by atoms with van der Waals surface area (Å²) in [5.74, 6) is 0. The first-order chi connectivity index (χ1) is 14.3. The second-order valence-electron chi connectivity index (χ2n) is 6.90. The molecule has 0 aliphatic rings. The Morgan fingerprint density at radius 3 is 2.21 bits per heavy atom. The van der Waals surface area contributed by atoms with E-state index in [1.54, 1.807) is 6.20 Å². The van der Waals surface area contributed by atoms with E-state index in [2.05, 4.69) is 63.3 Å². The lowest BCUT2D eigenvalue weighted by atomic mass is 10.1. The van der Waals surface area contributed by atoms with Crippen molar-refractivity contribution in [1.29, 1.82) is 0 Å². The molecule has 0 amide bonds. The molecule has 0 aliphatic heterocycles. The second kappa shape index (κ2) is 9.02. The Bertz CT molecular complexity index is 1120. The zero-order valence-corrected chi connectivity index (χ0v) is 16.4. The minimum absolute atomic E-state index is 0.886. The molecule has 0 aromatic carbocycles. The van der Waals surface area contributed by atoms with Crippen molar-refractivity contribution >= 4 is 6.08 Å². The maximum atomic E-state index is 4.47. The van der Waals surface area contributed by atoms with Gasteiger partial charge in [-0.2, -0.15) is 0 Å². The van der Waals surface area contributed by atoms with Crippen molar-refractivity contribution in [1.82, 2.24) is 19.9 Å². The first-order valence-electron chi connectivity index (χ1n) is 9.70. The number of hydrogen-bond acceptors (Lipinski definition) is 4. The lowest BCUT2D eigenvalue weighted by Gasteiger charge is -2.04.